The molecule has 0 aromatic carbocycles. The van der Waals surface area contributed by atoms with Crippen LogP contribution in [0.2, 0.25) is 0 Å². The molecule has 18 heavy (non-hydrogen) atoms. The summed E-state index contributed by atoms with van der Waals surface area (Å²) in [5, 5.41) is 13.0. The molecule has 0 spiro atoms. The van der Waals surface area contributed by atoms with Crippen molar-refractivity contribution in [2.45, 2.75) is 32.2 Å². The van der Waals surface area contributed by atoms with Gasteiger partial charge < -0.3 is 10.4 Å². The molecule has 1 amide bonds. The van der Waals surface area contributed by atoms with Crippen molar-refractivity contribution in [2.24, 2.45) is 5.92 Å². The van der Waals surface area contributed by atoms with Gasteiger partial charge in [-0.2, -0.15) is 0 Å². The van der Waals surface area contributed by atoms with Crippen molar-refractivity contribution in [3.05, 3.63) is 28.2 Å². The van der Waals surface area contributed by atoms with E-state index in [1.807, 2.05) is 12.2 Å². The molecule has 1 aromatic heterocycles. The normalized spacial score (nSPS) is 22.3. The molecule has 2 N–H and O–H groups in total. The van der Waals surface area contributed by atoms with E-state index in [4.69, 9.17) is 5.11 Å². The van der Waals surface area contributed by atoms with E-state index in [0.717, 1.165) is 24.3 Å². The zero-order chi connectivity index (χ0) is 13.0. The minimum Gasteiger partial charge on any atom is -0.396 e. The SMILES string of the molecule is CCCc1ncc(C(=O)N[C@@H]2C=C[C@H](CO)C2)s1. The highest BCUT2D eigenvalue weighted by Gasteiger charge is 2.21. The van der Waals surface area contributed by atoms with E-state index >= 15 is 0 Å². The number of aliphatic hydroxyl groups is 1. The predicted molar refractivity (Wildman–Crippen MR) is 71.7 cm³/mol. The smallest absolute Gasteiger partial charge is 0.263 e. The molecule has 0 aliphatic heterocycles. The number of rotatable bonds is 5. The number of amides is 1. The summed E-state index contributed by atoms with van der Waals surface area (Å²) >= 11 is 1.46. The second kappa shape index (κ2) is 6.11. The van der Waals surface area contributed by atoms with E-state index in [2.05, 4.69) is 17.2 Å². The van der Waals surface area contributed by atoms with E-state index in [1.165, 1.54) is 11.3 Å². The number of carbonyl (C=O) groups excluding carboxylic acids is 1. The highest BCUT2D eigenvalue weighted by molar-refractivity contribution is 7.13. The minimum absolute atomic E-state index is 0.0337. The van der Waals surface area contributed by atoms with Crippen molar-refractivity contribution in [1.82, 2.24) is 10.3 Å². The van der Waals surface area contributed by atoms with Gasteiger partial charge in [-0.3, -0.25) is 4.79 Å². The summed E-state index contributed by atoms with van der Waals surface area (Å²) in [5.74, 6) is 0.107. The molecule has 4 nitrogen and oxygen atoms in total. The Labute approximate surface area is 111 Å². The zero-order valence-electron chi connectivity index (χ0n) is 10.4. The van der Waals surface area contributed by atoms with E-state index in [0.29, 0.717) is 4.88 Å². The van der Waals surface area contributed by atoms with Gasteiger partial charge in [-0.15, -0.1) is 11.3 Å². The van der Waals surface area contributed by atoms with E-state index in [1.54, 1.807) is 6.20 Å². The molecular formula is C13H18N2O2S. The lowest BCUT2D eigenvalue weighted by molar-refractivity contribution is 0.0945. The highest BCUT2D eigenvalue weighted by atomic mass is 32.1. The topological polar surface area (TPSA) is 62.2 Å². The number of hydrogen-bond acceptors (Lipinski definition) is 4. The third kappa shape index (κ3) is 3.17. The molecule has 5 heteroatoms. The van der Waals surface area contributed by atoms with Crippen molar-refractivity contribution in [1.29, 1.82) is 0 Å². The van der Waals surface area contributed by atoms with Gasteiger partial charge in [0, 0.05) is 18.6 Å². The molecule has 98 valence electrons. The molecule has 1 aromatic rings. The summed E-state index contributed by atoms with van der Waals surface area (Å²) in [7, 11) is 0. The summed E-state index contributed by atoms with van der Waals surface area (Å²) in [6.07, 6.45) is 8.30. The first-order valence-electron chi connectivity index (χ1n) is 6.27. The number of nitrogens with one attached hydrogen (secondary N) is 1. The van der Waals surface area contributed by atoms with Crippen LogP contribution in [-0.2, 0) is 6.42 Å². The summed E-state index contributed by atoms with van der Waals surface area (Å²) < 4.78 is 0. The Bertz CT molecular complexity index is 442. The third-order valence-corrected chi connectivity index (χ3v) is 4.02. The number of nitrogens with zero attached hydrogens (tertiary/aromatic N) is 1. The largest absolute Gasteiger partial charge is 0.396 e. The Morgan fingerprint density at radius 2 is 2.44 bits per heavy atom. The van der Waals surface area contributed by atoms with Crippen LogP contribution in [0.4, 0.5) is 0 Å². The number of aryl methyl sites for hydroxylation is 1. The fraction of sp³-hybridized carbons (Fsp3) is 0.538. The van der Waals surface area contributed by atoms with Gasteiger partial charge in [0.1, 0.15) is 4.88 Å². The van der Waals surface area contributed by atoms with Crippen molar-refractivity contribution in [2.75, 3.05) is 6.61 Å². The fourth-order valence-corrected chi connectivity index (χ4v) is 2.92. The predicted octanol–water partition coefficient (Wildman–Crippen LogP) is 1.76. The summed E-state index contributed by atoms with van der Waals surface area (Å²) in [6, 6.07) is 0.0337. The van der Waals surface area contributed by atoms with Gasteiger partial charge in [0.05, 0.1) is 11.2 Å². The van der Waals surface area contributed by atoms with Crippen LogP contribution in [0.3, 0.4) is 0 Å². The first-order valence-corrected chi connectivity index (χ1v) is 7.09. The van der Waals surface area contributed by atoms with Gasteiger partial charge in [0.25, 0.3) is 5.91 Å². The summed E-state index contributed by atoms with van der Waals surface area (Å²) in [4.78, 5) is 16.9. The average Bonchev–Trinajstić information content (AvgIpc) is 2.98. The highest BCUT2D eigenvalue weighted by Crippen LogP contribution is 2.19. The fourth-order valence-electron chi connectivity index (χ4n) is 2.00. The van der Waals surface area contributed by atoms with Crippen LogP contribution in [-0.4, -0.2) is 28.6 Å². The second-order valence-electron chi connectivity index (χ2n) is 4.51. The zero-order valence-corrected chi connectivity index (χ0v) is 11.2. The molecule has 0 bridgehead atoms. The lowest BCUT2D eigenvalue weighted by Crippen LogP contribution is -2.32. The Kier molecular flexibility index (Phi) is 4.49. The standard InChI is InChI=1S/C13H18N2O2S/c1-2-3-12-14-7-11(18-12)13(17)15-10-5-4-9(6-10)8-16/h4-5,7,9-10,16H,2-3,6,8H2,1H3,(H,15,17)/t9-,10+/m0/s1. The molecule has 1 aliphatic carbocycles. The molecule has 2 atom stereocenters. The van der Waals surface area contributed by atoms with Gasteiger partial charge >= 0.3 is 0 Å². The van der Waals surface area contributed by atoms with Gasteiger partial charge in [-0.05, 0) is 19.3 Å². The van der Waals surface area contributed by atoms with Crippen LogP contribution in [0.25, 0.3) is 0 Å². The second-order valence-corrected chi connectivity index (χ2v) is 5.63. The number of hydrogen-bond donors (Lipinski definition) is 2. The molecule has 0 unspecified atom stereocenters. The first kappa shape index (κ1) is 13.2. The summed E-state index contributed by atoms with van der Waals surface area (Å²) in [5.41, 5.74) is 0. The van der Waals surface area contributed by atoms with Crippen molar-refractivity contribution in [3.63, 3.8) is 0 Å². The molecule has 1 aliphatic rings. The maximum absolute atomic E-state index is 12.0. The number of carbonyl (C=O) groups is 1. The van der Waals surface area contributed by atoms with Gasteiger partial charge in [-0.1, -0.05) is 19.1 Å². The molecule has 1 heterocycles. The van der Waals surface area contributed by atoms with Crippen molar-refractivity contribution < 1.29 is 9.90 Å². The van der Waals surface area contributed by atoms with Crippen LogP contribution in [0.5, 0.6) is 0 Å². The van der Waals surface area contributed by atoms with Crippen LogP contribution in [0, 0.1) is 5.92 Å². The van der Waals surface area contributed by atoms with E-state index in [-0.39, 0.29) is 24.5 Å². The van der Waals surface area contributed by atoms with Crippen LogP contribution in [0.1, 0.15) is 34.4 Å². The lowest BCUT2D eigenvalue weighted by atomic mass is 10.1. The summed E-state index contributed by atoms with van der Waals surface area (Å²) in [6.45, 7) is 2.24. The number of aromatic nitrogens is 1. The molecule has 0 saturated carbocycles. The lowest BCUT2D eigenvalue weighted by Gasteiger charge is -2.11. The molecule has 0 radical (unpaired) electrons. The molecule has 0 fully saturated rings. The molecule has 0 saturated heterocycles. The first-order chi connectivity index (χ1) is 8.72. The van der Waals surface area contributed by atoms with Crippen LogP contribution < -0.4 is 5.32 Å². The molecule has 2 rings (SSSR count). The van der Waals surface area contributed by atoms with Crippen molar-refractivity contribution >= 4 is 17.2 Å². The Hall–Kier alpha value is -1.20. The number of aliphatic hydroxyl groups excluding tert-OH is 1. The maximum atomic E-state index is 12.0. The Morgan fingerprint density at radius 1 is 1.61 bits per heavy atom. The van der Waals surface area contributed by atoms with Crippen LogP contribution in [0.15, 0.2) is 18.3 Å². The third-order valence-electron chi connectivity index (χ3n) is 2.96. The quantitative estimate of drug-likeness (QED) is 0.798. The van der Waals surface area contributed by atoms with Gasteiger partial charge in [-0.25, -0.2) is 4.98 Å². The van der Waals surface area contributed by atoms with Gasteiger partial charge in [0.2, 0.25) is 0 Å². The monoisotopic (exact) mass is 266 g/mol. The van der Waals surface area contributed by atoms with E-state index < -0.39 is 0 Å². The van der Waals surface area contributed by atoms with Crippen LogP contribution >= 0.6 is 11.3 Å². The number of thiazole rings is 1. The van der Waals surface area contributed by atoms with Gasteiger partial charge in [0.15, 0.2) is 0 Å². The van der Waals surface area contributed by atoms with E-state index in [9.17, 15) is 4.79 Å². The minimum atomic E-state index is -0.0666. The average molecular weight is 266 g/mol. The Morgan fingerprint density at radius 3 is 3.11 bits per heavy atom. The Balaban J connectivity index is 1.89. The maximum Gasteiger partial charge on any atom is 0.263 e. The molecular weight excluding hydrogens is 248 g/mol. The van der Waals surface area contributed by atoms with Crippen molar-refractivity contribution in [3.8, 4) is 0 Å².